The predicted molar refractivity (Wildman–Crippen MR) is 67.3 cm³/mol. The highest BCUT2D eigenvalue weighted by Crippen LogP contribution is 2.20. The number of nitrogens with zero attached hydrogens (tertiary/aromatic N) is 1. The summed E-state index contributed by atoms with van der Waals surface area (Å²) < 4.78 is 13.1. The molecule has 0 spiro atoms. The maximum Gasteiger partial charge on any atom is 0.148 e. The van der Waals surface area contributed by atoms with Crippen molar-refractivity contribution in [3.63, 3.8) is 0 Å². The maximum absolute atomic E-state index is 13.1. The lowest BCUT2D eigenvalue weighted by molar-refractivity contribution is 0.628. The van der Waals surface area contributed by atoms with Crippen LogP contribution < -0.4 is 5.32 Å². The minimum atomic E-state index is -0.242. The molecule has 1 aromatic heterocycles. The predicted octanol–water partition coefficient (Wildman–Crippen LogP) is 3.28. The second-order valence-corrected chi connectivity index (χ2v) is 4.45. The van der Waals surface area contributed by atoms with Crippen LogP contribution in [0, 0.1) is 11.7 Å². The van der Waals surface area contributed by atoms with Gasteiger partial charge in [0.25, 0.3) is 0 Å². The molecular weight excluding hydrogens is 217 g/mol. The van der Waals surface area contributed by atoms with Gasteiger partial charge in [-0.05, 0) is 18.1 Å². The van der Waals surface area contributed by atoms with Crippen LogP contribution in [0.4, 0.5) is 10.2 Å². The molecule has 0 bridgehead atoms. The molecule has 0 saturated heterocycles. The third-order valence-electron chi connectivity index (χ3n) is 2.40. The number of hydrogen-bond acceptors (Lipinski definition) is 2. The maximum atomic E-state index is 13.1. The van der Waals surface area contributed by atoms with Crippen LogP contribution in [0.5, 0.6) is 0 Å². The number of aromatic amines is 1. The number of rotatable bonds is 4. The van der Waals surface area contributed by atoms with E-state index >= 15 is 0 Å². The lowest BCUT2D eigenvalue weighted by Gasteiger charge is -2.04. The fraction of sp³-hybridized carbons (Fsp3) is 0.308. The van der Waals surface area contributed by atoms with Gasteiger partial charge in [0.05, 0.1) is 5.69 Å². The number of aromatic nitrogens is 2. The molecule has 0 amide bonds. The molecule has 4 heteroatoms. The third-order valence-corrected chi connectivity index (χ3v) is 2.40. The van der Waals surface area contributed by atoms with Crippen LogP contribution in [0.25, 0.3) is 11.3 Å². The zero-order chi connectivity index (χ0) is 12.3. The van der Waals surface area contributed by atoms with Gasteiger partial charge < -0.3 is 5.32 Å². The molecule has 0 unspecified atom stereocenters. The van der Waals surface area contributed by atoms with Gasteiger partial charge in [-0.25, -0.2) is 4.39 Å². The Hall–Kier alpha value is -1.84. The first-order chi connectivity index (χ1) is 8.15. The summed E-state index contributed by atoms with van der Waals surface area (Å²) in [6, 6.07) is 8.34. The average molecular weight is 233 g/mol. The summed E-state index contributed by atoms with van der Waals surface area (Å²) in [6.07, 6.45) is 0. The van der Waals surface area contributed by atoms with E-state index in [0.717, 1.165) is 23.6 Å². The highest BCUT2D eigenvalue weighted by Gasteiger charge is 2.04. The summed E-state index contributed by atoms with van der Waals surface area (Å²) in [5, 5.41) is 10.2. The zero-order valence-corrected chi connectivity index (χ0v) is 10.00. The van der Waals surface area contributed by atoms with E-state index in [1.54, 1.807) is 6.07 Å². The van der Waals surface area contributed by atoms with Crippen molar-refractivity contribution in [3.8, 4) is 11.3 Å². The van der Waals surface area contributed by atoms with Gasteiger partial charge in [-0.3, -0.25) is 5.10 Å². The number of hydrogen-bond donors (Lipinski definition) is 2. The van der Waals surface area contributed by atoms with Crippen LogP contribution in [0.2, 0.25) is 0 Å². The lowest BCUT2D eigenvalue weighted by Crippen LogP contribution is -2.07. The van der Waals surface area contributed by atoms with Crippen molar-refractivity contribution in [2.24, 2.45) is 5.92 Å². The zero-order valence-electron chi connectivity index (χ0n) is 10.00. The molecule has 0 fully saturated rings. The second kappa shape index (κ2) is 4.99. The average Bonchev–Trinajstić information content (AvgIpc) is 2.75. The second-order valence-electron chi connectivity index (χ2n) is 4.45. The first kappa shape index (κ1) is 11.6. The summed E-state index contributed by atoms with van der Waals surface area (Å²) in [4.78, 5) is 0. The van der Waals surface area contributed by atoms with Crippen LogP contribution in [-0.4, -0.2) is 16.7 Å². The van der Waals surface area contributed by atoms with Gasteiger partial charge in [0.2, 0.25) is 0 Å². The lowest BCUT2D eigenvalue weighted by atomic mass is 10.1. The molecule has 17 heavy (non-hydrogen) atoms. The van der Waals surface area contributed by atoms with Gasteiger partial charge in [0.1, 0.15) is 11.6 Å². The molecule has 0 aliphatic rings. The molecule has 3 nitrogen and oxygen atoms in total. The molecule has 1 heterocycles. The molecular formula is C13H16FN3. The first-order valence-electron chi connectivity index (χ1n) is 5.70. The summed E-state index contributed by atoms with van der Waals surface area (Å²) in [5.41, 5.74) is 1.62. The van der Waals surface area contributed by atoms with Crippen LogP contribution in [0.15, 0.2) is 30.3 Å². The van der Waals surface area contributed by atoms with E-state index in [2.05, 4.69) is 29.4 Å². The SMILES string of the molecule is CC(C)CNc1cc(-c2cccc(F)c2)[nH]n1. The Bertz CT molecular complexity index is 491. The van der Waals surface area contributed by atoms with Crippen molar-refractivity contribution in [2.75, 3.05) is 11.9 Å². The molecule has 2 N–H and O–H groups in total. The quantitative estimate of drug-likeness (QED) is 0.850. The standard InChI is InChI=1S/C13H16FN3/c1-9(2)8-15-13-7-12(16-17-13)10-4-3-5-11(14)6-10/h3-7,9H,8H2,1-2H3,(H2,15,16,17). The highest BCUT2D eigenvalue weighted by molar-refractivity contribution is 5.62. The van der Waals surface area contributed by atoms with E-state index in [0.29, 0.717) is 5.92 Å². The minimum Gasteiger partial charge on any atom is -0.368 e. The van der Waals surface area contributed by atoms with E-state index < -0.39 is 0 Å². The molecule has 0 radical (unpaired) electrons. The number of nitrogens with one attached hydrogen (secondary N) is 2. The number of anilines is 1. The van der Waals surface area contributed by atoms with Crippen LogP contribution >= 0.6 is 0 Å². The Morgan fingerprint density at radius 3 is 2.88 bits per heavy atom. The van der Waals surface area contributed by atoms with Gasteiger partial charge >= 0.3 is 0 Å². The van der Waals surface area contributed by atoms with Crippen molar-refractivity contribution >= 4 is 5.82 Å². The highest BCUT2D eigenvalue weighted by atomic mass is 19.1. The summed E-state index contributed by atoms with van der Waals surface area (Å²) in [6.45, 7) is 5.13. The normalized spacial score (nSPS) is 10.8. The van der Waals surface area contributed by atoms with Crippen molar-refractivity contribution in [1.29, 1.82) is 0 Å². The topological polar surface area (TPSA) is 40.7 Å². The van der Waals surface area contributed by atoms with Crippen molar-refractivity contribution in [1.82, 2.24) is 10.2 Å². The van der Waals surface area contributed by atoms with Crippen molar-refractivity contribution in [3.05, 3.63) is 36.1 Å². The molecule has 1 aromatic carbocycles. The number of H-pyrrole nitrogens is 1. The molecule has 90 valence electrons. The minimum absolute atomic E-state index is 0.242. The van der Waals surface area contributed by atoms with Gasteiger partial charge in [-0.2, -0.15) is 5.10 Å². The fourth-order valence-electron chi connectivity index (χ4n) is 1.52. The largest absolute Gasteiger partial charge is 0.368 e. The number of halogens is 1. The molecule has 0 aliphatic carbocycles. The van der Waals surface area contributed by atoms with E-state index in [9.17, 15) is 4.39 Å². The Labute approximate surface area is 100 Å². The molecule has 2 rings (SSSR count). The van der Waals surface area contributed by atoms with Crippen LogP contribution in [0.3, 0.4) is 0 Å². The molecule has 0 atom stereocenters. The van der Waals surface area contributed by atoms with Gasteiger partial charge in [-0.1, -0.05) is 26.0 Å². The Morgan fingerprint density at radius 2 is 2.18 bits per heavy atom. The van der Waals surface area contributed by atoms with E-state index in [4.69, 9.17) is 0 Å². The summed E-state index contributed by atoms with van der Waals surface area (Å²) >= 11 is 0. The van der Waals surface area contributed by atoms with E-state index in [1.807, 2.05) is 12.1 Å². The Morgan fingerprint density at radius 1 is 1.35 bits per heavy atom. The third kappa shape index (κ3) is 3.06. The van der Waals surface area contributed by atoms with Crippen molar-refractivity contribution in [2.45, 2.75) is 13.8 Å². The van der Waals surface area contributed by atoms with E-state index in [1.165, 1.54) is 12.1 Å². The Balaban J connectivity index is 2.12. The fourth-order valence-corrected chi connectivity index (χ4v) is 1.52. The molecule has 0 saturated carbocycles. The van der Waals surface area contributed by atoms with Crippen molar-refractivity contribution < 1.29 is 4.39 Å². The number of benzene rings is 1. The molecule has 2 aromatic rings. The van der Waals surface area contributed by atoms with Crippen LogP contribution in [-0.2, 0) is 0 Å². The molecule has 0 aliphatic heterocycles. The van der Waals surface area contributed by atoms with Gasteiger partial charge in [-0.15, -0.1) is 0 Å². The van der Waals surface area contributed by atoms with E-state index in [-0.39, 0.29) is 5.82 Å². The Kier molecular flexibility index (Phi) is 3.42. The summed E-state index contributed by atoms with van der Waals surface area (Å²) in [7, 11) is 0. The smallest absolute Gasteiger partial charge is 0.148 e. The monoisotopic (exact) mass is 233 g/mol. The first-order valence-corrected chi connectivity index (χ1v) is 5.70. The van der Waals surface area contributed by atoms with Gasteiger partial charge in [0.15, 0.2) is 0 Å². The van der Waals surface area contributed by atoms with Crippen LogP contribution in [0.1, 0.15) is 13.8 Å². The van der Waals surface area contributed by atoms with Gasteiger partial charge in [0, 0.05) is 18.2 Å². The summed E-state index contributed by atoms with van der Waals surface area (Å²) in [5.74, 6) is 1.11.